The zero-order valence-corrected chi connectivity index (χ0v) is 13.1. The molecule has 0 N–H and O–H groups in total. The lowest BCUT2D eigenvalue weighted by molar-refractivity contribution is 0.0119. The van der Waals surface area contributed by atoms with Crippen molar-refractivity contribution in [1.82, 2.24) is 19.6 Å². The standard InChI is InChI=1S/C15H22N4O3/c1-11-9-19(10-13(11)18-5-7-22-8-6-18)15(21)12-3-4-14(20)17(2)16-12/h3-4,11,13H,5-10H2,1-2H3/t11-,13+/m0/s1. The lowest BCUT2D eigenvalue weighted by Crippen LogP contribution is -2.47. The second-order valence-electron chi connectivity index (χ2n) is 6.08. The Labute approximate surface area is 129 Å². The van der Waals surface area contributed by atoms with E-state index in [9.17, 15) is 9.59 Å². The van der Waals surface area contributed by atoms with Crippen LogP contribution in [-0.2, 0) is 11.8 Å². The van der Waals surface area contributed by atoms with E-state index >= 15 is 0 Å². The average Bonchev–Trinajstić information content (AvgIpc) is 2.92. The van der Waals surface area contributed by atoms with E-state index in [0.717, 1.165) is 32.8 Å². The zero-order valence-electron chi connectivity index (χ0n) is 13.1. The lowest BCUT2D eigenvalue weighted by atomic mass is 10.0. The Kier molecular flexibility index (Phi) is 4.26. The number of carbonyl (C=O) groups excluding carboxylic acids is 1. The van der Waals surface area contributed by atoms with E-state index in [4.69, 9.17) is 4.74 Å². The number of hydrogen-bond acceptors (Lipinski definition) is 5. The number of morpholine rings is 1. The average molecular weight is 306 g/mol. The molecule has 0 unspecified atom stereocenters. The third-order valence-electron chi connectivity index (χ3n) is 4.55. The number of aromatic nitrogens is 2. The third-order valence-corrected chi connectivity index (χ3v) is 4.55. The van der Waals surface area contributed by atoms with Crippen molar-refractivity contribution >= 4 is 5.91 Å². The van der Waals surface area contributed by atoms with Gasteiger partial charge in [-0.1, -0.05) is 6.92 Å². The fourth-order valence-corrected chi connectivity index (χ4v) is 3.28. The topological polar surface area (TPSA) is 67.7 Å². The van der Waals surface area contributed by atoms with Gasteiger partial charge in [0.15, 0.2) is 0 Å². The van der Waals surface area contributed by atoms with Gasteiger partial charge in [0.2, 0.25) is 0 Å². The quantitative estimate of drug-likeness (QED) is 0.742. The molecule has 0 aromatic carbocycles. The predicted octanol–water partition coefficient (Wildman–Crippen LogP) is -0.427. The zero-order chi connectivity index (χ0) is 15.7. The van der Waals surface area contributed by atoms with Gasteiger partial charge in [-0.2, -0.15) is 5.10 Å². The summed E-state index contributed by atoms with van der Waals surface area (Å²) in [6.07, 6.45) is 0. The maximum absolute atomic E-state index is 12.6. The second kappa shape index (κ2) is 6.18. The van der Waals surface area contributed by atoms with Gasteiger partial charge in [0.05, 0.1) is 13.2 Å². The van der Waals surface area contributed by atoms with Crippen molar-refractivity contribution in [2.24, 2.45) is 13.0 Å². The predicted molar refractivity (Wildman–Crippen MR) is 80.7 cm³/mol. The first-order valence-corrected chi connectivity index (χ1v) is 7.71. The maximum atomic E-state index is 12.6. The van der Waals surface area contributed by atoms with Gasteiger partial charge in [0, 0.05) is 45.3 Å². The third kappa shape index (κ3) is 2.91. The highest BCUT2D eigenvalue weighted by Crippen LogP contribution is 2.23. The van der Waals surface area contributed by atoms with E-state index in [1.807, 2.05) is 4.90 Å². The number of aryl methyl sites for hydroxylation is 1. The molecule has 120 valence electrons. The molecule has 1 aromatic heterocycles. The van der Waals surface area contributed by atoms with Gasteiger partial charge in [-0.25, -0.2) is 4.68 Å². The van der Waals surface area contributed by atoms with Crippen LogP contribution in [0.25, 0.3) is 0 Å². The largest absolute Gasteiger partial charge is 0.379 e. The van der Waals surface area contributed by atoms with Crippen LogP contribution >= 0.6 is 0 Å². The molecule has 1 aromatic rings. The first-order chi connectivity index (χ1) is 10.6. The highest BCUT2D eigenvalue weighted by Gasteiger charge is 2.37. The number of likely N-dealkylation sites (tertiary alicyclic amines) is 1. The second-order valence-corrected chi connectivity index (χ2v) is 6.08. The normalized spacial score (nSPS) is 26.4. The lowest BCUT2D eigenvalue weighted by Gasteiger charge is -2.33. The molecule has 1 amide bonds. The maximum Gasteiger partial charge on any atom is 0.274 e. The van der Waals surface area contributed by atoms with Crippen LogP contribution in [0, 0.1) is 5.92 Å². The molecule has 2 atom stereocenters. The van der Waals surface area contributed by atoms with Crippen molar-refractivity contribution in [1.29, 1.82) is 0 Å². The minimum Gasteiger partial charge on any atom is -0.379 e. The SMILES string of the molecule is C[C@H]1CN(C(=O)c2ccc(=O)n(C)n2)C[C@H]1N1CCOCC1. The van der Waals surface area contributed by atoms with Crippen LogP contribution in [0.15, 0.2) is 16.9 Å². The Morgan fingerprint density at radius 1 is 1.27 bits per heavy atom. The van der Waals surface area contributed by atoms with Crippen LogP contribution in [0.2, 0.25) is 0 Å². The van der Waals surface area contributed by atoms with Gasteiger partial charge in [-0.3, -0.25) is 14.5 Å². The van der Waals surface area contributed by atoms with Crippen LogP contribution < -0.4 is 5.56 Å². The van der Waals surface area contributed by atoms with Crippen molar-refractivity contribution in [2.75, 3.05) is 39.4 Å². The van der Waals surface area contributed by atoms with E-state index < -0.39 is 0 Å². The van der Waals surface area contributed by atoms with Crippen LogP contribution in [-0.4, -0.2) is 70.9 Å². The Morgan fingerprint density at radius 2 is 2.00 bits per heavy atom. The van der Waals surface area contributed by atoms with Crippen molar-refractivity contribution < 1.29 is 9.53 Å². The van der Waals surface area contributed by atoms with Gasteiger partial charge in [0.1, 0.15) is 5.69 Å². The van der Waals surface area contributed by atoms with E-state index in [1.54, 1.807) is 7.05 Å². The molecule has 7 heteroatoms. The number of carbonyl (C=O) groups is 1. The number of ether oxygens (including phenoxy) is 1. The highest BCUT2D eigenvalue weighted by atomic mass is 16.5. The fraction of sp³-hybridized carbons (Fsp3) is 0.667. The first kappa shape index (κ1) is 15.2. The summed E-state index contributed by atoms with van der Waals surface area (Å²) < 4.78 is 6.60. The van der Waals surface area contributed by atoms with Gasteiger partial charge in [-0.05, 0) is 12.0 Å². The van der Waals surface area contributed by atoms with Crippen LogP contribution in [0.3, 0.4) is 0 Å². The van der Waals surface area contributed by atoms with Gasteiger partial charge >= 0.3 is 0 Å². The van der Waals surface area contributed by atoms with E-state index in [2.05, 4.69) is 16.9 Å². The molecule has 0 aliphatic carbocycles. The molecule has 2 aliphatic heterocycles. The molecular formula is C15H22N4O3. The molecule has 0 saturated carbocycles. The number of hydrogen-bond donors (Lipinski definition) is 0. The summed E-state index contributed by atoms with van der Waals surface area (Å²) in [7, 11) is 1.56. The Balaban J connectivity index is 1.71. The number of rotatable bonds is 2. The number of amides is 1. The fourth-order valence-electron chi connectivity index (χ4n) is 3.28. The summed E-state index contributed by atoms with van der Waals surface area (Å²) in [5, 5.41) is 4.06. The van der Waals surface area contributed by atoms with Crippen molar-refractivity contribution in [3.05, 3.63) is 28.2 Å². The smallest absolute Gasteiger partial charge is 0.274 e. The van der Waals surface area contributed by atoms with Crippen molar-refractivity contribution in [3.8, 4) is 0 Å². The summed E-state index contributed by atoms with van der Waals surface area (Å²) in [4.78, 5) is 28.2. The molecule has 7 nitrogen and oxygen atoms in total. The Hall–Kier alpha value is -1.73. The monoisotopic (exact) mass is 306 g/mol. The summed E-state index contributed by atoms with van der Waals surface area (Å²) in [5.74, 6) is 0.327. The van der Waals surface area contributed by atoms with Gasteiger partial charge in [-0.15, -0.1) is 0 Å². The molecule has 2 aliphatic rings. The highest BCUT2D eigenvalue weighted by molar-refractivity contribution is 5.92. The minimum atomic E-state index is -0.211. The summed E-state index contributed by atoms with van der Waals surface area (Å²) in [5.41, 5.74) is 0.120. The molecule has 3 rings (SSSR count). The van der Waals surface area contributed by atoms with Crippen LogP contribution in [0.1, 0.15) is 17.4 Å². The molecule has 0 radical (unpaired) electrons. The molecule has 0 bridgehead atoms. The first-order valence-electron chi connectivity index (χ1n) is 7.71. The Bertz CT molecular complexity index is 609. The molecule has 0 spiro atoms. The summed E-state index contributed by atoms with van der Waals surface area (Å²) >= 11 is 0. The Morgan fingerprint density at radius 3 is 2.68 bits per heavy atom. The van der Waals surface area contributed by atoms with Crippen molar-refractivity contribution in [2.45, 2.75) is 13.0 Å². The van der Waals surface area contributed by atoms with Crippen LogP contribution in [0.4, 0.5) is 0 Å². The van der Waals surface area contributed by atoms with Gasteiger partial charge < -0.3 is 9.64 Å². The number of nitrogens with zero attached hydrogens (tertiary/aromatic N) is 4. The summed E-state index contributed by atoms with van der Waals surface area (Å²) in [6, 6.07) is 3.27. The van der Waals surface area contributed by atoms with Gasteiger partial charge in [0.25, 0.3) is 11.5 Å². The summed E-state index contributed by atoms with van der Waals surface area (Å²) in [6.45, 7) is 7.00. The van der Waals surface area contributed by atoms with E-state index in [-0.39, 0.29) is 11.5 Å². The van der Waals surface area contributed by atoms with Crippen molar-refractivity contribution in [3.63, 3.8) is 0 Å². The van der Waals surface area contributed by atoms with E-state index in [1.165, 1.54) is 16.8 Å². The molecule has 2 fully saturated rings. The molecule has 22 heavy (non-hydrogen) atoms. The molecular weight excluding hydrogens is 284 g/mol. The molecule has 3 heterocycles. The van der Waals surface area contributed by atoms with E-state index in [0.29, 0.717) is 24.2 Å². The minimum absolute atomic E-state index is 0.0989. The van der Waals surface area contributed by atoms with Crippen LogP contribution in [0.5, 0.6) is 0 Å². The molecule has 2 saturated heterocycles.